The highest BCUT2D eigenvalue weighted by molar-refractivity contribution is 5.56. The van der Waals surface area contributed by atoms with E-state index in [1.165, 1.54) is 64.2 Å². The summed E-state index contributed by atoms with van der Waals surface area (Å²) in [6.45, 7) is 1.06. The highest BCUT2D eigenvalue weighted by Gasteiger charge is 2.28. The highest BCUT2D eigenvalue weighted by Crippen LogP contribution is 2.27. The van der Waals surface area contributed by atoms with E-state index < -0.39 is 0 Å². The Hall–Kier alpha value is -0.730. The van der Waals surface area contributed by atoms with Crippen LogP contribution >= 0.6 is 0 Å². The van der Waals surface area contributed by atoms with Crippen LogP contribution in [0.5, 0.6) is 0 Å². The van der Waals surface area contributed by atoms with Gasteiger partial charge in [-0.15, -0.1) is 0 Å². The average molecular weight is 235 g/mol. The van der Waals surface area contributed by atoms with Crippen LogP contribution < -0.4 is 0 Å². The van der Waals surface area contributed by atoms with Gasteiger partial charge in [0, 0.05) is 12.1 Å². The maximum Gasteiger partial charge on any atom is 0.113 e. The molecule has 3 heteroatoms. The fourth-order valence-electron chi connectivity index (χ4n) is 3.58. The molecule has 2 aliphatic carbocycles. The molecule has 3 nitrogen and oxygen atoms in total. The molecule has 0 radical (unpaired) electrons. The summed E-state index contributed by atoms with van der Waals surface area (Å²) in [5, 5.41) is 7.01. The van der Waals surface area contributed by atoms with E-state index in [0.29, 0.717) is 0 Å². The molecule has 0 atom stereocenters. The van der Waals surface area contributed by atoms with Gasteiger partial charge in [-0.3, -0.25) is 5.01 Å². The Kier molecular flexibility index (Phi) is 3.53. The van der Waals surface area contributed by atoms with E-state index in [1.807, 2.05) is 0 Å². The van der Waals surface area contributed by atoms with Gasteiger partial charge in [-0.2, -0.15) is 5.10 Å². The average Bonchev–Trinajstić information content (AvgIpc) is 2.90. The van der Waals surface area contributed by atoms with Crippen LogP contribution in [0.1, 0.15) is 64.2 Å². The van der Waals surface area contributed by atoms with Crippen molar-refractivity contribution in [3.8, 4) is 0 Å². The minimum absolute atomic E-state index is 0.730. The van der Waals surface area contributed by atoms with E-state index >= 15 is 0 Å². The van der Waals surface area contributed by atoms with Gasteiger partial charge in [0.2, 0.25) is 0 Å². The largest absolute Gasteiger partial charge is 0.339 e. The van der Waals surface area contributed by atoms with Crippen LogP contribution in [-0.4, -0.2) is 35.0 Å². The number of hydrazone groups is 1. The number of hydrogen-bond donors (Lipinski definition) is 0. The monoisotopic (exact) mass is 235 g/mol. The molecule has 3 rings (SSSR count). The molecule has 2 saturated carbocycles. The molecular formula is C14H25N3. The minimum atomic E-state index is 0.730. The first-order chi connectivity index (χ1) is 8.43. The van der Waals surface area contributed by atoms with E-state index in [1.54, 1.807) is 0 Å². The Morgan fingerprint density at radius 3 is 2.00 bits per heavy atom. The lowest BCUT2D eigenvalue weighted by atomic mass is 9.94. The molecule has 0 saturated heterocycles. The molecular weight excluding hydrogens is 210 g/mol. The maximum absolute atomic E-state index is 4.65. The molecule has 1 heterocycles. The Morgan fingerprint density at radius 2 is 1.35 bits per heavy atom. The molecule has 0 spiro atoms. The lowest BCUT2D eigenvalue weighted by Gasteiger charge is -2.34. The molecule has 0 bridgehead atoms. The SMILES string of the molecule is C1=NN(C2CCCCC2)CN1C1CCCCC1. The number of rotatable bonds is 2. The van der Waals surface area contributed by atoms with Crippen molar-refractivity contribution in [3.63, 3.8) is 0 Å². The second-order valence-corrected chi connectivity index (χ2v) is 5.91. The van der Waals surface area contributed by atoms with E-state index in [9.17, 15) is 0 Å². The maximum atomic E-state index is 4.65. The third kappa shape index (κ3) is 2.58. The van der Waals surface area contributed by atoms with Gasteiger partial charge < -0.3 is 4.90 Å². The van der Waals surface area contributed by atoms with E-state index in [-0.39, 0.29) is 0 Å². The van der Waals surface area contributed by atoms with Gasteiger partial charge >= 0.3 is 0 Å². The molecule has 0 N–H and O–H groups in total. The highest BCUT2D eigenvalue weighted by atomic mass is 15.6. The van der Waals surface area contributed by atoms with E-state index in [4.69, 9.17) is 0 Å². The van der Waals surface area contributed by atoms with Crippen molar-refractivity contribution in [2.75, 3.05) is 6.67 Å². The lowest BCUT2D eigenvalue weighted by Crippen LogP contribution is -2.40. The topological polar surface area (TPSA) is 18.8 Å². The zero-order valence-corrected chi connectivity index (χ0v) is 10.9. The lowest BCUT2D eigenvalue weighted by molar-refractivity contribution is 0.114. The Morgan fingerprint density at radius 1 is 0.765 bits per heavy atom. The van der Waals surface area contributed by atoms with Gasteiger partial charge in [0.15, 0.2) is 0 Å². The smallest absolute Gasteiger partial charge is 0.113 e. The third-order valence-corrected chi connectivity index (χ3v) is 4.70. The summed E-state index contributed by atoms with van der Waals surface area (Å²) in [7, 11) is 0. The fraction of sp³-hybridized carbons (Fsp3) is 0.929. The zero-order valence-electron chi connectivity index (χ0n) is 10.9. The van der Waals surface area contributed by atoms with Crippen molar-refractivity contribution >= 4 is 6.34 Å². The molecule has 3 aliphatic rings. The second kappa shape index (κ2) is 5.28. The molecule has 96 valence electrons. The van der Waals surface area contributed by atoms with Gasteiger partial charge in [-0.25, -0.2) is 0 Å². The first-order valence-electron chi connectivity index (χ1n) is 7.50. The van der Waals surface area contributed by atoms with Crippen LogP contribution in [0.15, 0.2) is 5.10 Å². The summed E-state index contributed by atoms with van der Waals surface area (Å²) in [4.78, 5) is 2.49. The Labute approximate surface area is 105 Å². The van der Waals surface area contributed by atoms with Crippen LogP contribution in [0.3, 0.4) is 0 Å². The molecule has 1 aliphatic heterocycles. The first kappa shape index (κ1) is 11.4. The molecule has 0 aromatic rings. The van der Waals surface area contributed by atoms with Crippen molar-refractivity contribution in [3.05, 3.63) is 0 Å². The molecule has 0 aromatic carbocycles. The standard InChI is InChI=1S/C14H25N3/c1-3-7-13(8-4-1)16-11-15-17(12-16)14-9-5-2-6-10-14/h11,13-14H,1-10,12H2. The second-order valence-electron chi connectivity index (χ2n) is 5.91. The van der Waals surface area contributed by atoms with Crippen molar-refractivity contribution in [1.29, 1.82) is 0 Å². The van der Waals surface area contributed by atoms with Crippen LogP contribution in [0.4, 0.5) is 0 Å². The van der Waals surface area contributed by atoms with Gasteiger partial charge in [-0.05, 0) is 25.7 Å². The molecule has 0 unspecified atom stereocenters. The van der Waals surface area contributed by atoms with Crippen LogP contribution in [0.2, 0.25) is 0 Å². The predicted molar refractivity (Wildman–Crippen MR) is 70.8 cm³/mol. The molecule has 2 fully saturated rings. The van der Waals surface area contributed by atoms with Gasteiger partial charge in [0.05, 0.1) is 0 Å². The fourth-order valence-corrected chi connectivity index (χ4v) is 3.58. The Bertz CT molecular complexity index is 239. The van der Waals surface area contributed by atoms with Crippen molar-refractivity contribution in [2.24, 2.45) is 5.10 Å². The van der Waals surface area contributed by atoms with Crippen molar-refractivity contribution in [2.45, 2.75) is 76.3 Å². The summed E-state index contributed by atoms with van der Waals surface area (Å²) in [5.74, 6) is 0. The number of hydrogen-bond acceptors (Lipinski definition) is 3. The van der Waals surface area contributed by atoms with Crippen LogP contribution in [-0.2, 0) is 0 Å². The third-order valence-electron chi connectivity index (χ3n) is 4.70. The van der Waals surface area contributed by atoms with Gasteiger partial charge in [0.1, 0.15) is 13.0 Å². The minimum Gasteiger partial charge on any atom is -0.339 e. The van der Waals surface area contributed by atoms with E-state index in [0.717, 1.165) is 18.8 Å². The molecule has 0 aromatic heterocycles. The zero-order chi connectivity index (χ0) is 11.5. The summed E-state index contributed by atoms with van der Waals surface area (Å²) >= 11 is 0. The predicted octanol–water partition coefficient (Wildman–Crippen LogP) is 3.17. The summed E-state index contributed by atoms with van der Waals surface area (Å²) in [5.41, 5.74) is 0. The molecule has 0 amide bonds. The first-order valence-corrected chi connectivity index (χ1v) is 7.50. The van der Waals surface area contributed by atoms with E-state index in [2.05, 4.69) is 21.3 Å². The normalized spacial score (nSPS) is 28.0. The number of nitrogens with zero attached hydrogens (tertiary/aromatic N) is 3. The molecule has 17 heavy (non-hydrogen) atoms. The Balaban J connectivity index is 1.52. The van der Waals surface area contributed by atoms with Gasteiger partial charge in [-0.1, -0.05) is 38.5 Å². The van der Waals surface area contributed by atoms with Crippen LogP contribution in [0, 0.1) is 0 Å². The van der Waals surface area contributed by atoms with Crippen molar-refractivity contribution < 1.29 is 0 Å². The van der Waals surface area contributed by atoms with Crippen LogP contribution in [0.25, 0.3) is 0 Å². The van der Waals surface area contributed by atoms with Gasteiger partial charge in [0.25, 0.3) is 0 Å². The van der Waals surface area contributed by atoms with Crippen molar-refractivity contribution in [1.82, 2.24) is 9.91 Å². The summed E-state index contributed by atoms with van der Waals surface area (Å²) in [6.07, 6.45) is 16.1. The summed E-state index contributed by atoms with van der Waals surface area (Å²) < 4.78 is 0. The quantitative estimate of drug-likeness (QED) is 0.732. The summed E-state index contributed by atoms with van der Waals surface area (Å²) in [6, 6.07) is 1.51.